The van der Waals surface area contributed by atoms with Gasteiger partial charge in [-0.3, -0.25) is 0 Å². The summed E-state index contributed by atoms with van der Waals surface area (Å²) in [6.07, 6.45) is 1.52. The van der Waals surface area contributed by atoms with Crippen molar-refractivity contribution in [3.63, 3.8) is 0 Å². The Morgan fingerprint density at radius 2 is 2.29 bits per heavy atom. The van der Waals surface area contributed by atoms with Gasteiger partial charge < -0.3 is 20.7 Å². The summed E-state index contributed by atoms with van der Waals surface area (Å²) in [6, 6.07) is 6.27. The molecule has 6 nitrogen and oxygen atoms in total. The molecular weight excluding hydrogens is 222 g/mol. The SMILES string of the molecule is Nc1ccc(C(=O)O)c(NCc2ccno2)c1. The third-order valence-electron chi connectivity index (χ3n) is 2.22. The molecule has 2 rings (SSSR count). The van der Waals surface area contributed by atoms with Crippen LogP contribution in [0, 0.1) is 0 Å². The van der Waals surface area contributed by atoms with Gasteiger partial charge in [0.05, 0.1) is 24.0 Å². The molecule has 0 aliphatic rings. The Bertz CT molecular complexity index is 523. The number of carboxylic acid groups (broad SMARTS) is 1. The van der Waals surface area contributed by atoms with Crippen LogP contribution >= 0.6 is 0 Å². The summed E-state index contributed by atoms with van der Waals surface area (Å²) >= 11 is 0. The standard InChI is InChI=1S/C11H11N3O3/c12-7-1-2-9(11(15)16)10(5-7)13-6-8-3-4-14-17-8/h1-5,13H,6,12H2,(H,15,16). The lowest BCUT2D eigenvalue weighted by molar-refractivity contribution is 0.0698. The molecule has 0 saturated carbocycles. The van der Waals surface area contributed by atoms with Gasteiger partial charge >= 0.3 is 5.97 Å². The Morgan fingerprint density at radius 3 is 2.94 bits per heavy atom. The van der Waals surface area contributed by atoms with Crippen molar-refractivity contribution in [2.75, 3.05) is 11.1 Å². The van der Waals surface area contributed by atoms with Crippen LogP contribution in [-0.4, -0.2) is 16.2 Å². The molecule has 1 aromatic carbocycles. The van der Waals surface area contributed by atoms with Gasteiger partial charge in [0.25, 0.3) is 0 Å². The molecule has 17 heavy (non-hydrogen) atoms. The smallest absolute Gasteiger partial charge is 0.337 e. The summed E-state index contributed by atoms with van der Waals surface area (Å²) in [5.41, 5.74) is 6.72. The van der Waals surface area contributed by atoms with Gasteiger partial charge in [-0.25, -0.2) is 4.79 Å². The number of rotatable bonds is 4. The molecule has 4 N–H and O–H groups in total. The Kier molecular flexibility index (Phi) is 2.95. The lowest BCUT2D eigenvalue weighted by Gasteiger charge is -2.08. The summed E-state index contributed by atoms with van der Waals surface area (Å²) in [5.74, 6) is -0.395. The zero-order chi connectivity index (χ0) is 12.3. The van der Waals surface area contributed by atoms with Gasteiger partial charge in [0, 0.05) is 11.8 Å². The minimum Gasteiger partial charge on any atom is -0.478 e. The zero-order valence-corrected chi connectivity index (χ0v) is 8.88. The molecule has 0 radical (unpaired) electrons. The summed E-state index contributed by atoms with van der Waals surface area (Å²) in [5, 5.41) is 15.5. The van der Waals surface area contributed by atoms with E-state index in [2.05, 4.69) is 10.5 Å². The fraction of sp³-hybridized carbons (Fsp3) is 0.0909. The Hall–Kier alpha value is -2.50. The number of nitrogens with two attached hydrogens (primary N) is 1. The van der Waals surface area contributed by atoms with Crippen molar-refractivity contribution in [2.45, 2.75) is 6.54 Å². The fourth-order valence-electron chi connectivity index (χ4n) is 1.41. The number of hydrogen-bond acceptors (Lipinski definition) is 5. The molecule has 0 amide bonds. The van der Waals surface area contributed by atoms with E-state index in [9.17, 15) is 4.79 Å². The normalized spacial score (nSPS) is 10.1. The molecule has 0 atom stereocenters. The molecular formula is C11H11N3O3. The largest absolute Gasteiger partial charge is 0.478 e. The first kappa shape index (κ1) is 11.0. The molecule has 0 bridgehead atoms. The van der Waals surface area contributed by atoms with E-state index < -0.39 is 5.97 Å². The lowest BCUT2D eigenvalue weighted by atomic mass is 10.1. The van der Waals surface area contributed by atoms with Crippen LogP contribution in [0.4, 0.5) is 11.4 Å². The average Bonchev–Trinajstić information content (AvgIpc) is 2.78. The second-order valence-electron chi connectivity index (χ2n) is 3.44. The molecule has 6 heteroatoms. The predicted molar refractivity (Wildman–Crippen MR) is 61.6 cm³/mol. The first-order chi connectivity index (χ1) is 8.16. The maximum absolute atomic E-state index is 11.0. The first-order valence-corrected chi connectivity index (χ1v) is 4.93. The number of nitrogen functional groups attached to an aromatic ring is 1. The van der Waals surface area contributed by atoms with Gasteiger partial charge in [0.2, 0.25) is 0 Å². The number of hydrogen-bond donors (Lipinski definition) is 3. The molecule has 1 aromatic heterocycles. The minimum atomic E-state index is -1.01. The van der Waals surface area contributed by atoms with E-state index in [-0.39, 0.29) is 5.56 Å². The third-order valence-corrected chi connectivity index (χ3v) is 2.22. The van der Waals surface area contributed by atoms with Crippen LogP contribution in [0.15, 0.2) is 35.0 Å². The summed E-state index contributed by atoms with van der Waals surface area (Å²) in [4.78, 5) is 11.0. The monoisotopic (exact) mass is 233 g/mol. The van der Waals surface area contributed by atoms with Crippen LogP contribution < -0.4 is 11.1 Å². The molecule has 0 unspecified atom stereocenters. The van der Waals surface area contributed by atoms with E-state index in [1.54, 1.807) is 18.2 Å². The van der Waals surface area contributed by atoms with Crippen molar-refractivity contribution in [1.82, 2.24) is 5.16 Å². The van der Waals surface area contributed by atoms with Crippen LogP contribution in [0.5, 0.6) is 0 Å². The van der Waals surface area contributed by atoms with E-state index in [1.165, 1.54) is 12.3 Å². The number of aromatic nitrogens is 1. The molecule has 0 aliphatic heterocycles. The number of aromatic carboxylic acids is 1. The molecule has 2 aromatic rings. The average molecular weight is 233 g/mol. The molecule has 88 valence electrons. The maximum atomic E-state index is 11.0. The van der Waals surface area contributed by atoms with Crippen molar-refractivity contribution in [1.29, 1.82) is 0 Å². The highest BCUT2D eigenvalue weighted by Gasteiger charge is 2.10. The summed E-state index contributed by atoms with van der Waals surface area (Å²) in [6.45, 7) is 0.351. The summed E-state index contributed by atoms with van der Waals surface area (Å²) < 4.78 is 4.89. The van der Waals surface area contributed by atoms with Gasteiger partial charge in [-0.05, 0) is 18.2 Å². The highest BCUT2D eigenvalue weighted by Crippen LogP contribution is 2.20. The lowest BCUT2D eigenvalue weighted by Crippen LogP contribution is -2.06. The van der Waals surface area contributed by atoms with Crippen LogP contribution in [0.25, 0.3) is 0 Å². The van der Waals surface area contributed by atoms with Gasteiger partial charge in [-0.1, -0.05) is 5.16 Å². The molecule has 0 saturated heterocycles. The highest BCUT2D eigenvalue weighted by atomic mass is 16.5. The van der Waals surface area contributed by atoms with E-state index in [0.29, 0.717) is 23.7 Å². The minimum absolute atomic E-state index is 0.165. The van der Waals surface area contributed by atoms with E-state index in [4.69, 9.17) is 15.4 Å². The van der Waals surface area contributed by atoms with Crippen molar-refractivity contribution in [3.8, 4) is 0 Å². The second-order valence-corrected chi connectivity index (χ2v) is 3.44. The highest BCUT2D eigenvalue weighted by molar-refractivity contribution is 5.95. The van der Waals surface area contributed by atoms with Crippen molar-refractivity contribution in [3.05, 3.63) is 41.8 Å². The number of benzene rings is 1. The Morgan fingerprint density at radius 1 is 1.47 bits per heavy atom. The second kappa shape index (κ2) is 4.56. The third kappa shape index (κ3) is 2.54. The van der Waals surface area contributed by atoms with Gasteiger partial charge in [0.1, 0.15) is 0 Å². The molecule has 0 aliphatic carbocycles. The first-order valence-electron chi connectivity index (χ1n) is 4.93. The van der Waals surface area contributed by atoms with Crippen LogP contribution in [0.1, 0.15) is 16.1 Å². The quantitative estimate of drug-likeness (QED) is 0.693. The fourth-order valence-corrected chi connectivity index (χ4v) is 1.41. The maximum Gasteiger partial charge on any atom is 0.337 e. The molecule has 1 heterocycles. The Labute approximate surface area is 97.0 Å². The predicted octanol–water partition coefficient (Wildman–Crippen LogP) is 1.57. The van der Waals surface area contributed by atoms with Gasteiger partial charge in [0.15, 0.2) is 5.76 Å². The van der Waals surface area contributed by atoms with E-state index in [1.807, 2.05) is 0 Å². The number of anilines is 2. The Balaban J connectivity index is 2.19. The van der Waals surface area contributed by atoms with Crippen molar-refractivity contribution < 1.29 is 14.4 Å². The van der Waals surface area contributed by atoms with Crippen molar-refractivity contribution >= 4 is 17.3 Å². The zero-order valence-electron chi connectivity index (χ0n) is 8.88. The van der Waals surface area contributed by atoms with Crippen LogP contribution in [0.3, 0.4) is 0 Å². The van der Waals surface area contributed by atoms with Crippen LogP contribution in [0.2, 0.25) is 0 Å². The topological polar surface area (TPSA) is 101 Å². The van der Waals surface area contributed by atoms with Gasteiger partial charge in [-0.2, -0.15) is 0 Å². The summed E-state index contributed by atoms with van der Waals surface area (Å²) in [7, 11) is 0. The number of carboxylic acids is 1. The van der Waals surface area contributed by atoms with Crippen LogP contribution in [-0.2, 0) is 6.54 Å². The van der Waals surface area contributed by atoms with Gasteiger partial charge in [-0.15, -0.1) is 0 Å². The molecule has 0 fully saturated rings. The van der Waals surface area contributed by atoms with Crippen molar-refractivity contribution in [2.24, 2.45) is 0 Å². The van der Waals surface area contributed by atoms with E-state index in [0.717, 1.165) is 0 Å². The molecule has 0 spiro atoms. The van der Waals surface area contributed by atoms with E-state index >= 15 is 0 Å². The number of nitrogens with one attached hydrogen (secondary N) is 1. The number of carbonyl (C=O) groups is 1. The number of nitrogens with zero attached hydrogens (tertiary/aromatic N) is 1.